The monoisotopic (exact) mass is 339 g/mol. The summed E-state index contributed by atoms with van der Waals surface area (Å²) in [5.74, 6) is 0.547. The normalized spacial score (nSPS) is 14.5. The molecule has 2 N–H and O–H groups in total. The molecule has 0 saturated carbocycles. The van der Waals surface area contributed by atoms with Crippen LogP contribution in [-0.4, -0.2) is 27.2 Å². The Kier molecular flexibility index (Phi) is 4.84. The first kappa shape index (κ1) is 17.5. The van der Waals surface area contributed by atoms with Crippen molar-refractivity contribution >= 4 is 10.0 Å². The van der Waals surface area contributed by atoms with Crippen molar-refractivity contribution < 1.29 is 22.7 Å². The Balaban J connectivity index is 2.28. The fraction of sp³-hybridized carbons (Fsp3) is 0.375. The lowest BCUT2D eigenvalue weighted by molar-refractivity contribution is 0.0395. The van der Waals surface area contributed by atoms with Gasteiger partial charge in [0.1, 0.15) is 22.0 Å². The van der Waals surface area contributed by atoms with Gasteiger partial charge in [0.05, 0.1) is 13.4 Å². The number of aliphatic hydroxyl groups is 1. The molecule has 1 atom stereocenters. The van der Waals surface area contributed by atoms with Gasteiger partial charge in [0, 0.05) is 6.54 Å². The van der Waals surface area contributed by atoms with Crippen molar-refractivity contribution in [1.29, 1.82) is 0 Å². The average Bonchev–Trinajstić information content (AvgIpc) is 3.03. The highest BCUT2D eigenvalue weighted by molar-refractivity contribution is 7.89. The number of aryl methyl sites for hydroxylation is 2. The number of sulfonamides is 1. The summed E-state index contributed by atoms with van der Waals surface area (Å²) in [5, 5.41) is 10.4. The second kappa shape index (κ2) is 6.35. The number of ether oxygens (including phenoxy) is 1. The summed E-state index contributed by atoms with van der Waals surface area (Å²) in [7, 11) is -2.42. The van der Waals surface area contributed by atoms with Crippen molar-refractivity contribution in [3.63, 3.8) is 0 Å². The number of hydrogen-bond donors (Lipinski definition) is 2. The topological polar surface area (TPSA) is 88.8 Å². The molecule has 2 aromatic rings. The first-order valence-electron chi connectivity index (χ1n) is 7.08. The molecule has 0 aliphatic rings. The van der Waals surface area contributed by atoms with Crippen LogP contribution in [0.1, 0.15) is 23.8 Å². The van der Waals surface area contributed by atoms with E-state index < -0.39 is 15.6 Å². The standard InChI is InChI=1S/C16H21NO5S/c1-11-8-13(21-4)14(9-12(11)2)23(19,20)17-10-16(3,18)15-6-5-7-22-15/h5-9,17-18H,10H2,1-4H3/t16-/m1/s1. The predicted octanol–water partition coefficient (Wildman–Crippen LogP) is 2.09. The zero-order chi connectivity index (χ0) is 17.3. The maximum Gasteiger partial charge on any atom is 0.244 e. The quantitative estimate of drug-likeness (QED) is 0.841. The minimum absolute atomic E-state index is 0.0401. The zero-order valence-electron chi connectivity index (χ0n) is 13.6. The Morgan fingerprint density at radius 1 is 1.30 bits per heavy atom. The molecule has 126 valence electrons. The number of benzene rings is 1. The van der Waals surface area contributed by atoms with Crippen LogP contribution in [0.2, 0.25) is 0 Å². The molecule has 0 aliphatic heterocycles. The Labute approximate surface area is 136 Å². The van der Waals surface area contributed by atoms with E-state index in [4.69, 9.17) is 9.15 Å². The molecule has 2 rings (SSSR count). The third-order valence-electron chi connectivity index (χ3n) is 3.73. The van der Waals surface area contributed by atoms with Crippen LogP contribution < -0.4 is 9.46 Å². The number of hydrogen-bond acceptors (Lipinski definition) is 5. The molecule has 23 heavy (non-hydrogen) atoms. The average molecular weight is 339 g/mol. The third kappa shape index (κ3) is 3.74. The van der Waals surface area contributed by atoms with Crippen LogP contribution in [0.25, 0.3) is 0 Å². The van der Waals surface area contributed by atoms with Crippen molar-refractivity contribution in [2.24, 2.45) is 0 Å². The zero-order valence-corrected chi connectivity index (χ0v) is 14.4. The fourth-order valence-corrected chi connectivity index (χ4v) is 3.48. The van der Waals surface area contributed by atoms with Crippen LogP contribution in [0.5, 0.6) is 5.75 Å². The summed E-state index contributed by atoms with van der Waals surface area (Å²) in [6.07, 6.45) is 1.42. The van der Waals surface area contributed by atoms with E-state index in [0.717, 1.165) is 11.1 Å². The highest BCUT2D eigenvalue weighted by atomic mass is 32.2. The van der Waals surface area contributed by atoms with Crippen LogP contribution >= 0.6 is 0 Å². The molecule has 7 heteroatoms. The maximum atomic E-state index is 12.6. The lowest BCUT2D eigenvalue weighted by atomic mass is 10.1. The summed E-state index contributed by atoms with van der Waals surface area (Å²) < 4.78 is 37.8. The SMILES string of the molecule is COc1cc(C)c(C)cc1S(=O)(=O)NC[C@@](C)(O)c1ccco1. The number of nitrogens with one attached hydrogen (secondary N) is 1. The third-order valence-corrected chi connectivity index (χ3v) is 5.15. The van der Waals surface area contributed by atoms with Crippen molar-refractivity contribution in [1.82, 2.24) is 4.72 Å². The van der Waals surface area contributed by atoms with E-state index in [2.05, 4.69) is 4.72 Å². The molecule has 0 saturated heterocycles. The van der Waals surface area contributed by atoms with Crippen molar-refractivity contribution in [3.05, 3.63) is 47.4 Å². The first-order valence-corrected chi connectivity index (χ1v) is 8.57. The van der Waals surface area contributed by atoms with E-state index in [1.54, 1.807) is 24.3 Å². The first-order chi connectivity index (χ1) is 10.7. The van der Waals surface area contributed by atoms with E-state index in [1.807, 2.05) is 13.8 Å². The van der Waals surface area contributed by atoms with Gasteiger partial charge in [-0.25, -0.2) is 13.1 Å². The van der Waals surface area contributed by atoms with Gasteiger partial charge in [-0.3, -0.25) is 0 Å². The van der Waals surface area contributed by atoms with Crippen molar-refractivity contribution in [2.75, 3.05) is 13.7 Å². The van der Waals surface area contributed by atoms with Crippen molar-refractivity contribution in [3.8, 4) is 5.75 Å². The molecule has 0 radical (unpaired) electrons. The molecule has 0 spiro atoms. The second-order valence-electron chi connectivity index (χ2n) is 5.66. The molecule has 1 aromatic carbocycles. The van der Waals surface area contributed by atoms with E-state index in [9.17, 15) is 13.5 Å². The summed E-state index contributed by atoms with van der Waals surface area (Å²) in [5.41, 5.74) is 0.316. The Hall–Kier alpha value is -1.83. The Bertz CT molecular complexity index is 779. The summed E-state index contributed by atoms with van der Waals surface area (Å²) in [6, 6.07) is 6.45. The molecule has 6 nitrogen and oxygen atoms in total. The highest BCUT2D eigenvalue weighted by Crippen LogP contribution is 2.28. The van der Waals surface area contributed by atoms with Gasteiger partial charge in [-0.2, -0.15) is 0 Å². The molecule has 0 unspecified atom stereocenters. The summed E-state index contributed by atoms with van der Waals surface area (Å²) >= 11 is 0. The van der Waals surface area contributed by atoms with Crippen LogP contribution in [-0.2, 0) is 15.6 Å². The van der Waals surface area contributed by atoms with E-state index in [-0.39, 0.29) is 22.9 Å². The van der Waals surface area contributed by atoms with E-state index in [0.29, 0.717) is 0 Å². The maximum absolute atomic E-state index is 12.6. The second-order valence-corrected chi connectivity index (χ2v) is 7.40. The molecule has 0 bridgehead atoms. The smallest absolute Gasteiger partial charge is 0.244 e. The lowest BCUT2D eigenvalue weighted by Crippen LogP contribution is -2.38. The minimum Gasteiger partial charge on any atom is -0.495 e. The van der Waals surface area contributed by atoms with Gasteiger partial charge in [0.15, 0.2) is 0 Å². The lowest BCUT2D eigenvalue weighted by Gasteiger charge is -2.21. The van der Waals surface area contributed by atoms with Crippen LogP contribution in [0.15, 0.2) is 39.8 Å². The number of methoxy groups -OCH3 is 1. The van der Waals surface area contributed by atoms with Gasteiger partial charge in [-0.15, -0.1) is 0 Å². The predicted molar refractivity (Wildman–Crippen MR) is 85.9 cm³/mol. The number of rotatable bonds is 6. The van der Waals surface area contributed by atoms with Gasteiger partial charge in [0.2, 0.25) is 10.0 Å². The molecule has 0 aliphatic carbocycles. The largest absolute Gasteiger partial charge is 0.495 e. The van der Waals surface area contributed by atoms with Crippen LogP contribution in [0.3, 0.4) is 0 Å². The van der Waals surface area contributed by atoms with Crippen molar-refractivity contribution in [2.45, 2.75) is 31.3 Å². The van der Waals surface area contributed by atoms with Gasteiger partial charge in [-0.1, -0.05) is 0 Å². The molecule has 0 amide bonds. The minimum atomic E-state index is -3.84. The summed E-state index contributed by atoms with van der Waals surface area (Å²) in [4.78, 5) is 0.0401. The molecule has 1 aromatic heterocycles. The van der Waals surface area contributed by atoms with E-state index >= 15 is 0 Å². The summed E-state index contributed by atoms with van der Waals surface area (Å²) in [6.45, 7) is 4.96. The molecular formula is C16H21NO5S. The van der Waals surface area contributed by atoms with Gasteiger partial charge < -0.3 is 14.3 Å². The molecule has 1 heterocycles. The van der Waals surface area contributed by atoms with Crippen LogP contribution in [0.4, 0.5) is 0 Å². The molecular weight excluding hydrogens is 318 g/mol. The van der Waals surface area contributed by atoms with Gasteiger partial charge in [0.25, 0.3) is 0 Å². The van der Waals surface area contributed by atoms with Gasteiger partial charge >= 0.3 is 0 Å². The highest BCUT2D eigenvalue weighted by Gasteiger charge is 2.30. The molecule has 0 fully saturated rings. The van der Waals surface area contributed by atoms with Crippen LogP contribution in [0, 0.1) is 13.8 Å². The fourth-order valence-electron chi connectivity index (χ4n) is 2.12. The number of furan rings is 1. The Morgan fingerprint density at radius 3 is 2.52 bits per heavy atom. The van der Waals surface area contributed by atoms with E-state index in [1.165, 1.54) is 20.3 Å². The Morgan fingerprint density at radius 2 is 1.96 bits per heavy atom. The van der Waals surface area contributed by atoms with Gasteiger partial charge in [-0.05, 0) is 56.2 Å².